The molecule has 2 aliphatic rings. The Morgan fingerprint density at radius 2 is 1.89 bits per heavy atom. The van der Waals surface area contributed by atoms with Gasteiger partial charge in [0, 0.05) is 50.3 Å². The maximum Gasteiger partial charge on any atom is 0.191 e. The first-order valence-corrected chi connectivity index (χ1v) is 11.1. The van der Waals surface area contributed by atoms with Crippen molar-refractivity contribution in [3.05, 3.63) is 59.7 Å². The Morgan fingerprint density at radius 3 is 2.64 bits per heavy atom. The van der Waals surface area contributed by atoms with Gasteiger partial charge < -0.3 is 20.3 Å². The second-order valence-corrected chi connectivity index (χ2v) is 8.35. The van der Waals surface area contributed by atoms with Crippen molar-refractivity contribution >= 4 is 23.4 Å². The molecule has 2 heterocycles. The summed E-state index contributed by atoms with van der Waals surface area (Å²) in [6.07, 6.45) is 1.09. The van der Waals surface area contributed by atoms with Crippen LogP contribution in [0.2, 0.25) is 0 Å². The molecule has 0 radical (unpaired) electrons. The van der Waals surface area contributed by atoms with E-state index in [1.54, 1.807) is 7.05 Å². The van der Waals surface area contributed by atoms with Crippen molar-refractivity contribution in [3.8, 4) is 5.75 Å². The van der Waals surface area contributed by atoms with E-state index in [9.17, 15) is 0 Å². The van der Waals surface area contributed by atoms with Crippen LogP contribution in [-0.2, 0) is 13.0 Å². The number of benzene rings is 2. The van der Waals surface area contributed by atoms with Crippen LogP contribution >= 0.6 is 11.8 Å². The lowest BCUT2D eigenvalue weighted by Gasteiger charge is -2.28. The highest BCUT2D eigenvalue weighted by Gasteiger charge is 2.22. The zero-order valence-electron chi connectivity index (χ0n) is 16.4. The highest BCUT2D eigenvalue weighted by Crippen LogP contribution is 2.27. The topological polar surface area (TPSA) is 48.9 Å². The zero-order valence-corrected chi connectivity index (χ0v) is 17.2. The molecule has 0 aromatic heterocycles. The van der Waals surface area contributed by atoms with Crippen LogP contribution in [0.3, 0.4) is 0 Å². The number of nitrogens with one attached hydrogen (secondary N) is 2. The third kappa shape index (κ3) is 4.73. The first-order valence-electron chi connectivity index (χ1n) is 9.92. The fraction of sp³-hybridized carbons (Fsp3) is 0.409. The number of hydrogen-bond acceptors (Lipinski definition) is 4. The maximum atomic E-state index is 5.98. The largest absolute Gasteiger partial charge is 0.488 e. The summed E-state index contributed by atoms with van der Waals surface area (Å²) in [5.74, 6) is 4.25. The maximum absolute atomic E-state index is 5.98. The molecule has 1 atom stereocenters. The number of thioether (sulfide) groups is 1. The van der Waals surface area contributed by atoms with E-state index in [0.717, 1.165) is 44.3 Å². The van der Waals surface area contributed by atoms with E-state index in [1.165, 1.54) is 28.3 Å². The van der Waals surface area contributed by atoms with Crippen LogP contribution in [0.4, 0.5) is 5.69 Å². The average Bonchev–Trinajstić information content (AvgIpc) is 3.18. The minimum absolute atomic E-state index is 0.151. The molecule has 28 heavy (non-hydrogen) atoms. The number of guanidine groups is 1. The van der Waals surface area contributed by atoms with Gasteiger partial charge in [-0.05, 0) is 29.3 Å². The Balaban J connectivity index is 1.23. The van der Waals surface area contributed by atoms with Gasteiger partial charge in [0.15, 0.2) is 5.96 Å². The van der Waals surface area contributed by atoms with E-state index in [4.69, 9.17) is 4.74 Å². The normalized spacial score (nSPS) is 19.1. The number of para-hydroxylation sites is 1. The van der Waals surface area contributed by atoms with Gasteiger partial charge in [-0.25, -0.2) is 0 Å². The molecule has 4 rings (SSSR count). The Bertz CT molecular complexity index is 777. The molecule has 2 aromatic rings. The summed E-state index contributed by atoms with van der Waals surface area (Å²) in [6.45, 7) is 3.78. The third-order valence-electron chi connectivity index (χ3n) is 5.21. The first kappa shape index (κ1) is 19.0. The van der Waals surface area contributed by atoms with Crippen LogP contribution in [0, 0.1) is 0 Å². The second kappa shape index (κ2) is 9.24. The molecular formula is C22H28N4OS. The highest BCUT2D eigenvalue weighted by molar-refractivity contribution is 7.99. The van der Waals surface area contributed by atoms with Crippen molar-refractivity contribution < 1.29 is 4.74 Å². The zero-order chi connectivity index (χ0) is 19.2. The minimum Gasteiger partial charge on any atom is -0.488 e. The van der Waals surface area contributed by atoms with Crippen LogP contribution in [0.15, 0.2) is 53.5 Å². The molecule has 0 amide bonds. The highest BCUT2D eigenvalue weighted by atomic mass is 32.2. The standard InChI is InChI=1S/C22H28N4OS/c1-23-22(25-16-20-14-18-4-2-3-5-21(18)27-20)24-15-17-6-8-19(9-7-17)26-10-12-28-13-11-26/h2-9,20H,10-16H2,1H3,(H2,23,24,25). The minimum atomic E-state index is 0.151. The van der Waals surface area contributed by atoms with Crippen LogP contribution in [-0.4, -0.2) is 50.3 Å². The van der Waals surface area contributed by atoms with E-state index >= 15 is 0 Å². The van der Waals surface area contributed by atoms with E-state index < -0.39 is 0 Å². The molecule has 5 nitrogen and oxygen atoms in total. The first-order chi connectivity index (χ1) is 13.8. The van der Waals surface area contributed by atoms with Crippen LogP contribution in [0.5, 0.6) is 5.75 Å². The number of fused-ring (bicyclic) bond motifs is 1. The van der Waals surface area contributed by atoms with Crippen molar-refractivity contribution in [1.29, 1.82) is 0 Å². The molecule has 1 unspecified atom stereocenters. The molecule has 2 aromatic carbocycles. The summed E-state index contributed by atoms with van der Waals surface area (Å²) in [6, 6.07) is 17.1. The Hall–Kier alpha value is -2.34. The molecule has 0 spiro atoms. The lowest BCUT2D eigenvalue weighted by molar-refractivity contribution is 0.235. The van der Waals surface area contributed by atoms with Crippen molar-refractivity contribution in [2.75, 3.05) is 43.1 Å². The fourth-order valence-corrected chi connectivity index (χ4v) is 4.53. The SMILES string of the molecule is CN=C(NCc1ccc(N2CCSCC2)cc1)NCC1Cc2ccccc2O1. The predicted octanol–water partition coefficient (Wildman–Crippen LogP) is 2.91. The number of rotatable bonds is 5. The molecule has 148 valence electrons. The monoisotopic (exact) mass is 396 g/mol. The third-order valence-corrected chi connectivity index (χ3v) is 6.15. The van der Waals surface area contributed by atoms with Gasteiger partial charge in [0.1, 0.15) is 11.9 Å². The Morgan fingerprint density at radius 1 is 1.11 bits per heavy atom. The number of anilines is 1. The lowest BCUT2D eigenvalue weighted by atomic mass is 10.1. The molecule has 1 fully saturated rings. The van der Waals surface area contributed by atoms with E-state index in [-0.39, 0.29) is 6.10 Å². The van der Waals surface area contributed by atoms with Gasteiger partial charge in [0.2, 0.25) is 0 Å². The smallest absolute Gasteiger partial charge is 0.191 e. The summed E-state index contributed by atoms with van der Waals surface area (Å²) in [5.41, 5.74) is 3.86. The fourth-order valence-electron chi connectivity index (χ4n) is 3.63. The number of hydrogen-bond donors (Lipinski definition) is 2. The Labute approximate surface area is 171 Å². The van der Waals surface area contributed by atoms with Gasteiger partial charge in [0.05, 0.1) is 6.54 Å². The summed E-state index contributed by atoms with van der Waals surface area (Å²) >= 11 is 2.04. The van der Waals surface area contributed by atoms with Gasteiger partial charge in [-0.1, -0.05) is 30.3 Å². The Kier molecular flexibility index (Phi) is 6.27. The van der Waals surface area contributed by atoms with Crippen LogP contribution < -0.4 is 20.3 Å². The summed E-state index contributed by atoms with van der Waals surface area (Å²) in [5, 5.41) is 6.78. The second-order valence-electron chi connectivity index (χ2n) is 7.12. The van der Waals surface area contributed by atoms with E-state index in [2.05, 4.69) is 56.9 Å². The predicted molar refractivity (Wildman–Crippen MR) is 119 cm³/mol. The van der Waals surface area contributed by atoms with Crippen molar-refractivity contribution in [1.82, 2.24) is 10.6 Å². The number of nitrogens with zero attached hydrogens (tertiary/aromatic N) is 2. The molecule has 0 aliphatic carbocycles. The number of aliphatic imine (C=N–C) groups is 1. The average molecular weight is 397 g/mol. The van der Waals surface area contributed by atoms with Gasteiger partial charge in [-0.2, -0.15) is 11.8 Å². The molecule has 2 N–H and O–H groups in total. The van der Waals surface area contributed by atoms with Gasteiger partial charge in [-0.3, -0.25) is 4.99 Å². The van der Waals surface area contributed by atoms with Crippen molar-refractivity contribution in [3.63, 3.8) is 0 Å². The van der Waals surface area contributed by atoms with Gasteiger partial charge in [0.25, 0.3) is 0 Å². The molecule has 1 saturated heterocycles. The van der Waals surface area contributed by atoms with Crippen molar-refractivity contribution in [2.45, 2.75) is 19.1 Å². The molecule has 0 bridgehead atoms. The van der Waals surface area contributed by atoms with Crippen LogP contribution in [0.1, 0.15) is 11.1 Å². The molecule has 2 aliphatic heterocycles. The van der Waals surface area contributed by atoms with E-state index in [1.807, 2.05) is 23.9 Å². The summed E-state index contributed by atoms with van der Waals surface area (Å²) in [4.78, 5) is 6.80. The van der Waals surface area contributed by atoms with Crippen LogP contribution in [0.25, 0.3) is 0 Å². The lowest BCUT2D eigenvalue weighted by Crippen LogP contribution is -2.41. The number of ether oxygens (including phenoxy) is 1. The summed E-state index contributed by atoms with van der Waals surface area (Å²) < 4.78 is 5.98. The quantitative estimate of drug-likeness (QED) is 0.601. The summed E-state index contributed by atoms with van der Waals surface area (Å²) in [7, 11) is 1.80. The van der Waals surface area contributed by atoms with Crippen molar-refractivity contribution in [2.24, 2.45) is 4.99 Å². The molecule has 0 saturated carbocycles. The molecular weight excluding hydrogens is 368 g/mol. The molecule has 6 heteroatoms. The van der Waals surface area contributed by atoms with Gasteiger partial charge >= 0.3 is 0 Å². The van der Waals surface area contributed by atoms with Gasteiger partial charge in [-0.15, -0.1) is 0 Å². The van der Waals surface area contributed by atoms with E-state index in [0.29, 0.717) is 0 Å².